The molecule has 0 aliphatic carbocycles. The lowest BCUT2D eigenvalue weighted by molar-refractivity contribution is -0.143. The third-order valence-corrected chi connectivity index (χ3v) is 5.51. The molecule has 0 spiro atoms. The van der Waals surface area contributed by atoms with E-state index in [4.69, 9.17) is 5.73 Å². The molecule has 180 valence electrons. The highest BCUT2D eigenvalue weighted by Gasteiger charge is 2.36. The highest BCUT2D eigenvalue weighted by molar-refractivity contribution is 5.91. The van der Waals surface area contributed by atoms with Crippen LogP contribution in [0.15, 0.2) is 24.3 Å². The van der Waals surface area contributed by atoms with Crippen LogP contribution < -0.4 is 16.4 Å². The fraction of sp³-hybridized carbons (Fsp3) is 0.455. The van der Waals surface area contributed by atoms with Crippen molar-refractivity contribution in [2.45, 2.75) is 38.9 Å². The van der Waals surface area contributed by atoms with Crippen LogP contribution in [-0.2, 0) is 0 Å². The number of carbonyl (C=O) groups is 1. The van der Waals surface area contributed by atoms with Crippen molar-refractivity contribution < 1.29 is 27.5 Å². The van der Waals surface area contributed by atoms with Gasteiger partial charge in [0.2, 0.25) is 0 Å². The van der Waals surface area contributed by atoms with Crippen molar-refractivity contribution in [3.05, 3.63) is 35.6 Å². The normalized spacial score (nSPS) is 17.2. The standard InChI is InChI=1S/C22H27F4N5O2/c1-12-3-4-15(29-21(33)31-6-5-14(10-31)9-22(24,25)26)7-16(12)17-8-18(27)30-20(19(17)23)28-13(2)11-32/h3-4,7-8,13-14,32H,5-6,9-11H2,1-2H3,(H,29,33)(H3,27,28,30)/t13-,14+/m1/s1. The summed E-state index contributed by atoms with van der Waals surface area (Å²) in [6.07, 6.45) is -4.89. The van der Waals surface area contributed by atoms with Crippen LogP contribution in [0.5, 0.6) is 0 Å². The minimum Gasteiger partial charge on any atom is -0.394 e. The van der Waals surface area contributed by atoms with E-state index in [1.165, 1.54) is 11.0 Å². The largest absolute Gasteiger partial charge is 0.394 e. The third kappa shape index (κ3) is 6.25. The first-order valence-corrected chi connectivity index (χ1v) is 10.5. The molecule has 5 N–H and O–H groups in total. The lowest BCUT2D eigenvalue weighted by atomic mass is 9.99. The van der Waals surface area contributed by atoms with Gasteiger partial charge in [0, 0.05) is 36.8 Å². The molecule has 1 fully saturated rings. The maximum absolute atomic E-state index is 15.2. The second kappa shape index (κ2) is 9.82. The van der Waals surface area contributed by atoms with Crippen LogP contribution in [0, 0.1) is 18.7 Å². The second-order valence-corrected chi connectivity index (χ2v) is 8.37. The molecule has 1 aromatic carbocycles. The van der Waals surface area contributed by atoms with E-state index in [0.717, 1.165) is 0 Å². The van der Waals surface area contributed by atoms with Gasteiger partial charge in [-0.05, 0) is 55.5 Å². The zero-order chi connectivity index (χ0) is 24.3. The molecule has 2 heterocycles. The van der Waals surface area contributed by atoms with Gasteiger partial charge in [-0.1, -0.05) is 6.07 Å². The maximum atomic E-state index is 15.2. The van der Waals surface area contributed by atoms with E-state index in [0.29, 0.717) is 16.8 Å². The minimum atomic E-state index is -4.26. The van der Waals surface area contributed by atoms with Crippen LogP contribution in [0.4, 0.5) is 39.7 Å². The third-order valence-electron chi connectivity index (χ3n) is 5.51. The number of nitrogens with two attached hydrogens (primary N) is 1. The van der Waals surface area contributed by atoms with Crippen molar-refractivity contribution in [2.24, 2.45) is 5.92 Å². The summed E-state index contributed by atoms with van der Waals surface area (Å²) in [5.74, 6) is -1.31. The first kappa shape index (κ1) is 24.6. The van der Waals surface area contributed by atoms with Crippen LogP contribution in [0.1, 0.15) is 25.3 Å². The van der Waals surface area contributed by atoms with Crippen molar-refractivity contribution in [1.29, 1.82) is 0 Å². The van der Waals surface area contributed by atoms with E-state index in [1.54, 1.807) is 32.0 Å². The monoisotopic (exact) mass is 469 g/mol. The van der Waals surface area contributed by atoms with E-state index in [1.807, 2.05) is 0 Å². The van der Waals surface area contributed by atoms with E-state index in [2.05, 4.69) is 15.6 Å². The number of nitrogens with zero attached hydrogens (tertiary/aromatic N) is 2. The van der Waals surface area contributed by atoms with Gasteiger partial charge in [0.05, 0.1) is 6.61 Å². The van der Waals surface area contributed by atoms with E-state index < -0.39 is 36.4 Å². The molecule has 2 amide bonds. The molecule has 33 heavy (non-hydrogen) atoms. The summed E-state index contributed by atoms with van der Waals surface area (Å²) < 4.78 is 53.1. The Morgan fingerprint density at radius 1 is 1.33 bits per heavy atom. The number of halogens is 4. The Bertz CT molecular complexity index is 1020. The lowest BCUT2D eigenvalue weighted by Crippen LogP contribution is -2.33. The molecular formula is C22H27F4N5O2. The van der Waals surface area contributed by atoms with Crippen molar-refractivity contribution in [3.63, 3.8) is 0 Å². The Kier molecular flexibility index (Phi) is 7.31. The van der Waals surface area contributed by atoms with E-state index in [-0.39, 0.29) is 43.3 Å². The van der Waals surface area contributed by atoms with Crippen LogP contribution in [-0.4, -0.2) is 52.9 Å². The van der Waals surface area contributed by atoms with Crippen LogP contribution >= 0.6 is 0 Å². The molecule has 1 saturated heterocycles. The van der Waals surface area contributed by atoms with Crippen LogP contribution in [0.3, 0.4) is 0 Å². The first-order chi connectivity index (χ1) is 15.5. The fourth-order valence-corrected chi connectivity index (χ4v) is 3.82. The molecule has 11 heteroatoms. The number of nitrogen functional groups attached to an aromatic ring is 1. The van der Waals surface area contributed by atoms with E-state index >= 15 is 4.39 Å². The van der Waals surface area contributed by atoms with Crippen molar-refractivity contribution in [3.8, 4) is 11.1 Å². The minimum absolute atomic E-state index is 0.0254. The molecule has 2 atom stereocenters. The highest BCUT2D eigenvalue weighted by Crippen LogP contribution is 2.34. The second-order valence-electron chi connectivity index (χ2n) is 8.37. The van der Waals surface area contributed by atoms with Gasteiger partial charge in [0.25, 0.3) is 0 Å². The number of pyridine rings is 1. The van der Waals surface area contributed by atoms with Gasteiger partial charge in [-0.15, -0.1) is 0 Å². The maximum Gasteiger partial charge on any atom is 0.389 e. The van der Waals surface area contributed by atoms with Crippen molar-refractivity contribution in [1.82, 2.24) is 9.88 Å². The Hall–Kier alpha value is -3.08. The number of aliphatic hydroxyl groups excluding tert-OH is 1. The molecule has 7 nitrogen and oxygen atoms in total. The van der Waals surface area contributed by atoms with Gasteiger partial charge >= 0.3 is 12.2 Å². The molecular weight excluding hydrogens is 442 g/mol. The number of aromatic nitrogens is 1. The Morgan fingerprint density at radius 2 is 2.06 bits per heavy atom. The summed E-state index contributed by atoms with van der Waals surface area (Å²) in [4.78, 5) is 17.9. The number of aliphatic hydroxyl groups is 1. The summed E-state index contributed by atoms with van der Waals surface area (Å²) in [5.41, 5.74) is 7.57. The summed E-state index contributed by atoms with van der Waals surface area (Å²) in [6.45, 7) is 3.45. The first-order valence-electron chi connectivity index (χ1n) is 10.5. The number of anilines is 3. The van der Waals surface area contributed by atoms with Gasteiger partial charge in [0.15, 0.2) is 11.6 Å². The number of nitrogens with one attached hydrogen (secondary N) is 2. The van der Waals surface area contributed by atoms with Gasteiger partial charge in [0.1, 0.15) is 5.82 Å². The van der Waals surface area contributed by atoms with Gasteiger partial charge in [-0.25, -0.2) is 14.2 Å². The topological polar surface area (TPSA) is 104 Å². The van der Waals surface area contributed by atoms with Gasteiger partial charge in [-0.2, -0.15) is 13.2 Å². The Morgan fingerprint density at radius 3 is 2.73 bits per heavy atom. The molecule has 3 rings (SSSR count). The molecule has 2 aromatic rings. The van der Waals surface area contributed by atoms with Crippen molar-refractivity contribution in [2.75, 3.05) is 36.1 Å². The fourth-order valence-electron chi connectivity index (χ4n) is 3.82. The van der Waals surface area contributed by atoms with Gasteiger partial charge in [-0.3, -0.25) is 0 Å². The summed E-state index contributed by atoms with van der Waals surface area (Å²) in [5, 5.41) is 14.7. The highest BCUT2D eigenvalue weighted by atomic mass is 19.4. The number of hydrogen-bond acceptors (Lipinski definition) is 5. The number of carbonyl (C=O) groups excluding carboxylic acids is 1. The number of rotatable bonds is 6. The number of amides is 2. The molecule has 1 aliphatic rings. The predicted molar refractivity (Wildman–Crippen MR) is 118 cm³/mol. The molecule has 0 unspecified atom stereocenters. The van der Waals surface area contributed by atoms with Crippen LogP contribution in [0.25, 0.3) is 11.1 Å². The van der Waals surface area contributed by atoms with E-state index in [9.17, 15) is 23.1 Å². The van der Waals surface area contributed by atoms with Gasteiger partial charge < -0.3 is 26.4 Å². The Labute approximate surface area is 189 Å². The molecule has 1 aromatic heterocycles. The zero-order valence-corrected chi connectivity index (χ0v) is 18.3. The smallest absolute Gasteiger partial charge is 0.389 e. The average Bonchev–Trinajstić information content (AvgIpc) is 3.18. The predicted octanol–water partition coefficient (Wildman–Crippen LogP) is 4.38. The molecule has 0 bridgehead atoms. The quantitative estimate of drug-likeness (QED) is 0.470. The molecule has 0 saturated carbocycles. The number of alkyl halides is 3. The van der Waals surface area contributed by atoms with Crippen LogP contribution in [0.2, 0.25) is 0 Å². The summed E-state index contributed by atoms with van der Waals surface area (Å²) >= 11 is 0. The lowest BCUT2D eigenvalue weighted by Gasteiger charge is -2.19. The average molecular weight is 469 g/mol. The Balaban J connectivity index is 1.80. The summed E-state index contributed by atoms with van der Waals surface area (Å²) in [7, 11) is 0. The molecule has 1 aliphatic heterocycles. The number of aryl methyl sites for hydroxylation is 1. The SMILES string of the molecule is Cc1ccc(NC(=O)N2CC[C@@H](CC(F)(F)F)C2)cc1-c1cc(N)nc(N[C@H](C)CO)c1F. The number of urea groups is 1. The number of hydrogen-bond donors (Lipinski definition) is 4. The number of benzene rings is 1. The zero-order valence-electron chi connectivity index (χ0n) is 18.3. The number of likely N-dealkylation sites (tertiary alicyclic amines) is 1. The molecule has 0 radical (unpaired) electrons. The van der Waals surface area contributed by atoms with Crippen molar-refractivity contribution >= 4 is 23.4 Å². The summed E-state index contributed by atoms with van der Waals surface area (Å²) in [6, 6.07) is 5.32.